The van der Waals surface area contributed by atoms with Gasteiger partial charge in [0.2, 0.25) is 5.89 Å². The minimum Gasteiger partial charge on any atom is -0.415 e. The molecule has 2 aromatic carbocycles. The van der Waals surface area contributed by atoms with E-state index in [1.807, 2.05) is 57.2 Å². The number of rotatable bonds is 16. The van der Waals surface area contributed by atoms with Crippen LogP contribution in [-0.4, -0.2) is 158 Å². The normalized spacial score (nSPS) is 20.1. The van der Waals surface area contributed by atoms with Gasteiger partial charge in [0, 0.05) is 69.3 Å². The Labute approximate surface area is 407 Å². The first-order valence-corrected chi connectivity index (χ1v) is 25.9. The average Bonchev–Trinajstić information content (AvgIpc) is 3.81. The van der Waals surface area contributed by atoms with Crippen LogP contribution in [0.2, 0.25) is 0 Å². The first-order chi connectivity index (χ1) is 33.5. The molecule has 0 radical (unpaired) electrons. The predicted molar refractivity (Wildman–Crippen MR) is 257 cm³/mol. The Hall–Kier alpha value is -5.37. The lowest BCUT2D eigenvalue weighted by atomic mass is 10.1. The summed E-state index contributed by atoms with van der Waals surface area (Å²) < 4.78 is 103. The molecule has 23 heteroatoms. The van der Waals surface area contributed by atoms with E-state index < -0.39 is 32.7 Å². The van der Waals surface area contributed by atoms with Gasteiger partial charge in [-0.3, -0.25) is 33.2 Å². The molecule has 0 aliphatic carbocycles. The van der Waals surface area contributed by atoms with Crippen LogP contribution in [0.3, 0.4) is 0 Å². The number of aromatic nitrogens is 4. The van der Waals surface area contributed by atoms with Crippen molar-refractivity contribution < 1.29 is 44.3 Å². The Bertz CT molecular complexity index is 2800. The number of alkyl halides is 2. The van der Waals surface area contributed by atoms with E-state index in [1.54, 1.807) is 40.7 Å². The number of nitrogens with two attached hydrogens (primary N) is 1. The maximum atomic E-state index is 13.9. The van der Waals surface area contributed by atoms with Gasteiger partial charge >= 0.3 is 26.8 Å². The Morgan fingerprint density at radius 1 is 0.714 bits per heavy atom. The van der Waals surface area contributed by atoms with Crippen LogP contribution in [0.1, 0.15) is 59.0 Å². The van der Waals surface area contributed by atoms with Crippen molar-refractivity contribution in [1.29, 1.82) is 0 Å². The summed E-state index contributed by atoms with van der Waals surface area (Å²) in [6, 6.07) is 22.1. The van der Waals surface area contributed by atoms with Crippen LogP contribution in [-0.2, 0) is 43.0 Å². The lowest BCUT2D eigenvalue weighted by molar-refractivity contribution is -0.0873. The molecule has 2 N–H and O–H groups in total. The predicted octanol–water partition coefficient (Wildman–Crippen LogP) is 4.22. The lowest BCUT2D eigenvalue weighted by Gasteiger charge is -2.46. The number of halogens is 2. The number of benzene rings is 2. The maximum absolute atomic E-state index is 13.9. The van der Waals surface area contributed by atoms with Gasteiger partial charge in [0.15, 0.2) is 5.78 Å². The number of ketones is 1. The second kappa shape index (κ2) is 22.0. The molecule has 7 heterocycles. The highest BCUT2D eigenvalue weighted by molar-refractivity contribution is 7.90. The summed E-state index contributed by atoms with van der Waals surface area (Å²) in [4.78, 5) is 25.2. The van der Waals surface area contributed by atoms with Crippen LogP contribution >= 0.6 is 0 Å². The van der Waals surface area contributed by atoms with E-state index in [-0.39, 0.29) is 43.4 Å². The molecule has 4 aliphatic rings. The molecule has 2 atom stereocenters. The molecule has 0 saturated carbocycles. The number of anilines is 2. The van der Waals surface area contributed by atoms with Crippen LogP contribution in [0, 0.1) is 13.8 Å². The van der Waals surface area contributed by atoms with E-state index in [0.29, 0.717) is 112 Å². The number of pyridine rings is 2. The molecule has 0 amide bonds. The molecule has 376 valence electrons. The van der Waals surface area contributed by atoms with Gasteiger partial charge in [0.1, 0.15) is 0 Å². The van der Waals surface area contributed by atoms with Crippen molar-refractivity contribution in [2.24, 2.45) is 5.73 Å². The number of carbonyl (C=O) groups excluding carboxylic acids is 1. The molecule has 19 nitrogen and oxygen atoms in total. The van der Waals surface area contributed by atoms with Crippen molar-refractivity contribution in [3.8, 4) is 11.5 Å². The summed E-state index contributed by atoms with van der Waals surface area (Å²) >= 11 is 0. The summed E-state index contributed by atoms with van der Waals surface area (Å²) in [6.45, 7) is 13.6. The van der Waals surface area contributed by atoms with Crippen molar-refractivity contribution in [3.05, 3.63) is 119 Å². The lowest BCUT2D eigenvalue weighted by Crippen LogP contribution is -2.62. The van der Waals surface area contributed by atoms with Gasteiger partial charge in [-0.2, -0.15) is 34.2 Å². The van der Waals surface area contributed by atoms with Crippen molar-refractivity contribution >= 4 is 37.6 Å². The topological polar surface area (TPSA) is 214 Å². The molecule has 0 spiro atoms. The van der Waals surface area contributed by atoms with Gasteiger partial charge in [-0.05, 0) is 87.4 Å². The number of piperazine rings is 2. The SMILES string of the molecule is Cc1cccc(N(Cc2ccc(-c3nnc(C(F)F)o3)cn2)S(=O)(=O)N2CCN(C3COC3)[C@H](C)C2)c1.Cc1cccc(N(Cc2ccc(C(=O)CN)cn2)S(=O)(=O)N2CCN(C3COC3)[C@H](C)C2)c1. The Kier molecular flexibility index (Phi) is 16.0. The van der Waals surface area contributed by atoms with E-state index >= 15 is 0 Å². The number of Topliss-reactive ketones (excluding diaryl/α,β-unsaturated/α-hetero) is 1. The third kappa shape index (κ3) is 11.5. The fourth-order valence-corrected chi connectivity index (χ4v) is 12.2. The second-order valence-corrected chi connectivity index (χ2v) is 21.6. The zero-order valence-corrected chi connectivity index (χ0v) is 41.2. The standard InChI is InChI=1S/C24H28F2N6O4S.C23H31N5O4S/c1-16-4-3-5-20(10-16)32(37(33,34)30-8-9-31(17(2)12-30)21-14-35-15-21)13-19-7-6-18(11-27-19)23-28-29-24(36-23)22(25)26;1-17-4-3-5-21(10-17)28(14-20-7-6-19(12-25-20)23(29)11-24)33(30,31)26-8-9-27(18(2)13-26)22-15-32-16-22/h3-7,10-11,17,21-22H,8-9,12-15H2,1-2H3;3-7,10,12,18,22H,8-9,11,13-16,24H2,1-2H3/t17-;18-/m11/s1. The Morgan fingerprint density at radius 2 is 1.21 bits per heavy atom. The number of aryl methyl sites for hydroxylation is 2. The highest BCUT2D eigenvalue weighted by Crippen LogP contribution is 2.30. The first-order valence-electron chi connectivity index (χ1n) is 23.1. The van der Waals surface area contributed by atoms with Gasteiger partial charge in [0.25, 0.3) is 5.89 Å². The van der Waals surface area contributed by atoms with Gasteiger partial charge in [0.05, 0.1) is 86.5 Å². The van der Waals surface area contributed by atoms with Crippen molar-refractivity contribution in [2.75, 3.05) is 80.9 Å². The molecule has 4 fully saturated rings. The van der Waals surface area contributed by atoms with E-state index in [1.165, 1.54) is 25.3 Å². The molecule has 5 aromatic rings. The van der Waals surface area contributed by atoms with Crippen LogP contribution in [0.4, 0.5) is 20.2 Å². The third-order valence-electron chi connectivity index (χ3n) is 12.9. The minimum absolute atomic E-state index is 0.0107. The van der Waals surface area contributed by atoms with E-state index in [2.05, 4.69) is 36.9 Å². The number of hydrogen-bond donors (Lipinski definition) is 1. The summed E-state index contributed by atoms with van der Waals surface area (Å²) in [5, 5.41) is 6.96. The number of carbonyl (C=O) groups is 1. The highest BCUT2D eigenvalue weighted by atomic mass is 32.2. The zero-order chi connectivity index (χ0) is 49.7. The number of hydrogen-bond acceptors (Lipinski definition) is 15. The van der Waals surface area contributed by atoms with Crippen molar-refractivity contribution in [2.45, 2.75) is 71.4 Å². The molecule has 0 unspecified atom stereocenters. The van der Waals surface area contributed by atoms with Crippen molar-refractivity contribution in [3.63, 3.8) is 0 Å². The van der Waals surface area contributed by atoms with Gasteiger partial charge in [-0.15, -0.1) is 10.2 Å². The van der Waals surface area contributed by atoms with Crippen LogP contribution in [0.15, 0.2) is 89.6 Å². The zero-order valence-electron chi connectivity index (χ0n) is 39.5. The molecular formula is C47H59F2N11O8S2. The monoisotopic (exact) mass is 1010 g/mol. The molecule has 9 rings (SSSR count). The van der Waals surface area contributed by atoms with E-state index in [4.69, 9.17) is 19.6 Å². The smallest absolute Gasteiger partial charge is 0.314 e. The largest absolute Gasteiger partial charge is 0.415 e. The van der Waals surface area contributed by atoms with Crippen molar-refractivity contribution in [1.82, 2.24) is 38.6 Å². The number of nitrogens with zero attached hydrogens (tertiary/aromatic N) is 10. The summed E-state index contributed by atoms with van der Waals surface area (Å²) in [5.41, 5.74) is 10.2. The molecular weight excluding hydrogens is 949 g/mol. The minimum atomic E-state index is -3.89. The van der Waals surface area contributed by atoms with Gasteiger partial charge < -0.3 is 19.6 Å². The highest BCUT2D eigenvalue weighted by Gasteiger charge is 2.41. The summed E-state index contributed by atoms with van der Waals surface area (Å²) in [6.07, 6.45) is -0.0125. The molecule has 70 heavy (non-hydrogen) atoms. The van der Waals surface area contributed by atoms with E-state index in [9.17, 15) is 30.4 Å². The van der Waals surface area contributed by atoms with Crippen LogP contribution in [0.5, 0.6) is 0 Å². The summed E-state index contributed by atoms with van der Waals surface area (Å²) in [5.74, 6) is -1.06. The summed E-state index contributed by atoms with van der Waals surface area (Å²) in [7, 11) is -7.70. The quantitative estimate of drug-likeness (QED) is 0.137. The van der Waals surface area contributed by atoms with Crippen LogP contribution < -0.4 is 14.3 Å². The van der Waals surface area contributed by atoms with Gasteiger partial charge in [-0.1, -0.05) is 24.3 Å². The molecule has 3 aromatic heterocycles. The molecule has 4 saturated heterocycles. The second-order valence-electron chi connectivity index (χ2n) is 17.9. The van der Waals surface area contributed by atoms with E-state index in [0.717, 1.165) is 11.1 Å². The fraction of sp³-hybridized carbons (Fsp3) is 0.468. The first kappa shape index (κ1) is 51.0. The number of ether oxygens (including phenoxy) is 2. The molecule has 0 bridgehead atoms. The van der Waals surface area contributed by atoms with Crippen LogP contribution in [0.25, 0.3) is 11.5 Å². The Morgan fingerprint density at radius 3 is 1.59 bits per heavy atom. The maximum Gasteiger partial charge on any atom is 0.314 e. The Balaban J connectivity index is 0.000000190. The molecule has 4 aliphatic heterocycles. The average molecular weight is 1010 g/mol. The van der Waals surface area contributed by atoms with Gasteiger partial charge in [-0.25, -0.2) is 0 Å². The third-order valence-corrected chi connectivity index (χ3v) is 16.7. The fourth-order valence-electron chi connectivity index (χ4n) is 8.85.